The van der Waals surface area contributed by atoms with Crippen LogP contribution in [0.3, 0.4) is 0 Å². The van der Waals surface area contributed by atoms with E-state index in [1.165, 1.54) is 12.1 Å². The Morgan fingerprint density at radius 1 is 1.12 bits per heavy atom. The fourth-order valence-corrected chi connectivity index (χ4v) is 3.84. The number of anilines is 1. The monoisotopic (exact) mass is 425 g/mol. The van der Waals surface area contributed by atoms with E-state index in [4.69, 9.17) is 0 Å². The van der Waals surface area contributed by atoms with Crippen LogP contribution >= 0.6 is 15.9 Å². The van der Waals surface area contributed by atoms with Gasteiger partial charge >= 0.3 is 5.97 Å². The van der Waals surface area contributed by atoms with Gasteiger partial charge in [-0.3, -0.25) is 4.72 Å². The lowest BCUT2D eigenvalue weighted by Gasteiger charge is -2.11. The summed E-state index contributed by atoms with van der Waals surface area (Å²) in [5, 5.41) is 9.24. The summed E-state index contributed by atoms with van der Waals surface area (Å²) in [5.41, 5.74) is 0.999. The molecule has 0 radical (unpaired) electrons. The molecular weight excluding hydrogens is 406 g/mol. The second-order valence-electron chi connectivity index (χ2n) is 5.70. The quantitative estimate of drug-likeness (QED) is 0.601. The highest BCUT2D eigenvalue weighted by Gasteiger charge is 2.18. The van der Waals surface area contributed by atoms with Gasteiger partial charge in [0.2, 0.25) is 0 Å². The maximum absolute atomic E-state index is 12.5. The molecule has 25 heavy (non-hydrogen) atoms. The molecule has 0 atom stereocenters. The number of carbonyl (C=O) groups is 1. The molecule has 0 aromatic heterocycles. The Labute approximate surface area is 156 Å². The standard InChI is InChI=1S/C18H20BrNO4S/c1-2-3-4-5-13-6-9-15(10-7-13)25(23,24)20-17-11-8-14(19)12-16(17)18(21)22/h6-12,20H,2-5H2,1H3,(H,21,22). The van der Waals surface area contributed by atoms with E-state index in [-0.39, 0.29) is 16.1 Å². The molecule has 2 N–H and O–H groups in total. The molecule has 134 valence electrons. The van der Waals surface area contributed by atoms with E-state index in [1.807, 2.05) is 0 Å². The van der Waals surface area contributed by atoms with Gasteiger partial charge in [0, 0.05) is 4.47 Å². The van der Waals surface area contributed by atoms with Crippen molar-refractivity contribution in [3.63, 3.8) is 0 Å². The van der Waals surface area contributed by atoms with Gasteiger partial charge < -0.3 is 5.11 Å². The van der Waals surface area contributed by atoms with E-state index in [0.29, 0.717) is 4.47 Å². The minimum Gasteiger partial charge on any atom is -0.478 e. The molecule has 0 unspecified atom stereocenters. The molecule has 0 heterocycles. The summed E-state index contributed by atoms with van der Waals surface area (Å²) in [5.74, 6) is -1.20. The SMILES string of the molecule is CCCCCc1ccc(S(=O)(=O)Nc2ccc(Br)cc2C(=O)O)cc1. The Morgan fingerprint density at radius 3 is 2.40 bits per heavy atom. The van der Waals surface area contributed by atoms with Crippen molar-refractivity contribution in [2.75, 3.05) is 4.72 Å². The normalized spacial score (nSPS) is 11.3. The Hall–Kier alpha value is -1.86. The zero-order chi connectivity index (χ0) is 18.4. The van der Waals surface area contributed by atoms with Gasteiger partial charge in [-0.2, -0.15) is 0 Å². The van der Waals surface area contributed by atoms with Crippen LogP contribution in [0.4, 0.5) is 5.69 Å². The summed E-state index contributed by atoms with van der Waals surface area (Å²) in [6, 6.07) is 11.0. The Morgan fingerprint density at radius 2 is 1.80 bits per heavy atom. The molecule has 0 saturated carbocycles. The van der Waals surface area contributed by atoms with Crippen LogP contribution in [0.25, 0.3) is 0 Å². The Kier molecular flexibility index (Phi) is 6.61. The zero-order valence-electron chi connectivity index (χ0n) is 13.8. The molecule has 0 fully saturated rings. The van der Waals surface area contributed by atoms with Crippen LogP contribution in [0.15, 0.2) is 51.8 Å². The number of carboxylic acids is 1. The lowest BCUT2D eigenvalue weighted by Crippen LogP contribution is -2.15. The minimum absolute atomic E-state index is 0.0303. The van der Waals surface area contributed by atoms with Crippen molar-refractivity contribution in [3.05, 3.63) is 58.1 Å². The second kappa shape index (κ2) is 8.49. The zero-order valence-corrected chi connectivity index (χ0v) is 16.2. The predicted molar refractivity (Wildman–Crippen MR) is 102 cm³/mol. The average Bonchev–Trinajstić information content (AvgIpc) is 2.57. The van der Waals surface area contributed by atoms with Crippen LogP contribution in [0.5, 0.6) is 0 Å². The number of unbranched alkanes of at least 4 members (excludes halogenated alkanes) is 2. The first kappa shape index (κ1) is 19.5. The molecule has 7 heteroatoms. The number of benzene rings is 2. The van der Waals surface area contributed by atoms with Crippen LogP contribution in [0.1, 0.15) is 42.1 Å². The van der Waals surface area contributed by atoms with Gasteiger partial charge in [-0.1, -0.05) is 47.8 Å². The van der Waals surface area contributed by atoms with E-state index in [1.54, 1.807) is 30.3 Å². The number of halogens is 1. The molecule has 0 aliphatic rings. The van der Waals surface area contributed by atoms with Gasteiger partial charge in [-0.25, -0.2) is 13.2 Å². The van der Waals surface area contributed by atoms with E-state index in [0.717, 1.165) is 31.2 Å². The molecule has 0 spiro atoms. The summed E-state index contributed by atoms with van der Waals surface area (Å²) >= 11 is 3.18. The molecular formula is C18H20BrNO4S. The summed E-state index contributed by atoms with van der Waals surface area (Å²) < 4.78 is 27.9. The highest BCUT2D eigenvalue weighted by atomic mass is 79.9. The predicted octanol–water partition coefficient (Wildman–Crippen LogP) is 4.68. The fourth-order valence-electron chi connectivity index (χ4n) is 2.40. The fraction of sp³-hybridized carbons (Fsp3) is 0.278. The molecule has 0 saturated heterocycles. The van der Waals surface area contributed by atoms with Gasteiger partial charge in [0.25, 0.3) is 10.0 Å². The first-order valence-electron chi connectivity index (χ1n) is 7.98. The molecule has 2 rings (SSSR count). The maximum Gasteiger partial charge on any atom is 0.337 e. The van der Waals surface area contributed by atoms with Gasteiger partial charge in [-0.05, 0) is 48.7 Å². The van der Waals surface area contributed by atoms with Crippen molar-refractivity contribution in [1.29, 1.82) is 0 Å². The number of aryl methyl sites for hydroxylation is 1. The van der Waals surface area contributed by atoms with Gasteiger partial charge in [0.05, 0.1) is 16.1 Å². The van der Waals surface area contributed by atoms with Crippen molar-refractivity contribution in [1.82, 2.24) is 0 Å². The van der Waals surface area contributed by atoms with E-state index in [9.17, 15) is 18.3 Å². The van der Waals surface area contributed by atoms with Crippen LogP contribution in [0.2, 0.25) is 0 Å². The van der Waals surface area contributed by atoms with Gasteiger partial charge in [0.15, 0.2) is 0 Å². The maximum atomic E-state index is 12.5. The highest BCUT2D eigenvalue weighted by molar-refractivity contribution is 9.10. The minimum atomic E-state index is -3.85. The molecule has 0 amide bonds. The third-order valence-electron chi connectivity index (χ3n) is 3.76. The van der Waals surface area contributed by atoms with Crippen LogP contribution in [0, 0.1) is 0 Å². The van der Waals surface area contributed by atoms with Crippen molar-refractivity contribution in [2.45, 2.75) is 37.5 Å². The number of nitrogens with one attached hydrogen (secondary N) is 1. The summed E-state index contributed by atoms with van der Waals surface area (Å²) in [6.45, 7) is 2.13. The third kappa shape index (κ3) is 5.31. The Balaban J connectivity index is 2.21. The van der Waals surface area contributed by atoms with Crippen molar-refractivity contribution in [3.8, 4) is 0 Å². The largest absolute Gasteiger partial charge is 0.478 e. The van der Waals surface area contributed by atoms with E-state index in [2.05, 4.69) is 27.6 Å². The number of hydrogen-bond acceptors (Lipinski definition) is 3. The molecule has 0 aliphatic carbocycles. The third-order valence-corrected chi connectivity index (χ3v) is 5.63. The highest BCUT2D eigenvalue weighted by Crippen LogP contribution is 2.24. The van der Waals surface area contributed by atoms with Gasteiger partial charge in [-0.15, -0.1) is 0 Å². The van der Waals surface area contributed by atoms with E-state index >= 15 is 0 Å². The van der Waals surface area contributed by atoms with Crippen molar-refractivity contribution in [2.24, 2.45) is 0 Å². The van der Waals surface area contributed by atoms with Crippen LogP contribution in [-0.2, 0) is 16.4 Å². The second-order valence-corrected chi connectivity index (χ2v) is 8.30. The lowest BCUT2D eigenvalue weighted by atomic mass is 10.1. The first-order valence-corrected chi connectivity index (χ1v) is 10.3. The molecule has 5 nitrogen and oxygen atoms in total. The number of aromatic carboxylic acids is 1. The molecule has 2 aromatic carbocycles. The number of carboxylic acid groups (broad SMARTS) is 1. The molecule has 0 bridgehead atoms. The molecule has 2 aromatic rings. The smallest absolute Gasteiger partial charge is 0.337 e. The van der Waals surface area contributed by atoms with Crippen molar-refractivity contribution >= 4 is 37.6 Å². The van der Waals surface area contributed by atoms with Gasteiger partial charge in [0.1, 0.15) is 0 Å². The number of rotatable bonds is 8. The Bertz CT molecular complexity index is 848. The summed E-state index contributed by atoms with van der Waals surface area (Å²) in [6.07, 6.45) is 4.26. The topological polar surface area (TPSA) is 83.5 Å². The van der Waals surface area contributed by atoms with Crippen LogP contribution in [-0.4, -0.2) is 19.5 Å². The lowest BCUT2D eigenvalue weighted by molar-refractivity contribution is 0.0698. The summed E-state index contributed by atoms with van der Waals surface area (Å²) in [4.78, 5) is 11.4. The van der Waals surface area contributed by atoms with Crippen molar-refractivity contribution < 1.29 is 18.3 Å². The van der Waals surface area contributed by atoms with E-state index < -0.39 is 16.0 Å². The number of hydrogen-bond donors (Lipinski definition) is 2. The first-order chi connectivity index (χ1) is 11.8. The average molecular weight is 426 g/mol. The molecule has 0 aliphatic heterocycles. The van der Waals surface area contributed by atoms with Crippen LogP contribution < -0.4 is 4.72 Å². The number of sulfonamides is 1. The summed E-state index contributed by atoms with van der Waals surface area (Å²) in [7, 11) is -3.85.